The highest BCUT2D eigenvalue weighted by Crippen LogP contribution is 2.17. The van der Waals surface area contributed by atoms with Gasteiger partial charge in [-0.3, -0.25) is 4.90 Å². The topological polar surface area (TPSA) is 38.7 Å². The van der Waals surface area contributed by atoms with E-state index in [0.29, 0.717) is 5.41 Å². The maximum absolute atomic E-state index is 9.88. The number of nitrogens with one attached hydrogen (secondary N) is 1. The van der Waals surface area contributed by atoms with Gasteiger partial charge in [-0.1, -0.05) is 20.8 Å². The van der Waals surface area contributed by atoms with Gasteiger partial charge in [-0.05, 0) is 32.2 Å². The maximum atomic E-state index is 9.88. The average molecular weight is 285 g/mol. The van der Waals surface area contributed by atoms with Crippen LogP contribution in [0.1, 0.15) is 41.0 Å². The fourth-order valence-electron chi connectivity index (χ4n) is 2.92. The Hall–Kier alpha value is -0.160. The highest BCUT2D eigenvalue weighted by Gasteiger charge is 2.26. The molecule has 1 aliphatic heterocycles. The van der Waals surface area contributed by atoms with Crippen molar-refractivity contribution in [2.24, 2.45) is 5.41 Å². The lowest BCUT2D eigenvalue weighted by Crippen LogP contribution is -2.53. The van der Waals surface area contributed by atoms with Crippen molar-refractivity contribution in [2.45, 2.75) is 46.6 Å². The van der Waals surface area contributed by atoms with E-state index >= 15 is 0 Å². The van der Waals surface area contributed by atoms with E-state index in [0.717, 1.165) is 52.4 Å². The van der Waals surface area contributed by atoms with Crippen LogP contribution in [-0.2, 0) is 0 Å². The Morgan fingerprint density at radius 2 is 1.45 bits per heavy atom. The highest BCUT2D eigenvalue weighted by molar-refractivity contribution is 4.82. The summed E-state index contributed by atoms with van der Waals surface area (Å²) in [5, 5.41) is 13.4. The van der Waals surface area contributed by atoms with Crippen molar-refractivity contribution in [3.8, 4) is 0 Å². The minimum atomic E-state index is -0.578. The molecule has 2 N–H and O–H groups in total. The Kier molecular flexibility index (Phi) is 6.92. The molecular weight excluding hydrogens is 250 g/mol. The van der Waals surface area contributed by atoms with Gasteiger partial charge in [-0.25, -0.2) is 0 Å². The minimum absolute atomic E-state index is 0.327. The summed E-state index contributed by atoms with van der Waals surface area (Å²) in [7, 11) is 0. The Labute approximate surface area is 125 Å². The number of hydrogen-bond donors (Lipinski definition) is 2. The molecule has 0 atom stereocenters. The van der Waals surface area contributed by atoms with Crippen LogP contribution in [0, 0.1) is 5.41 Å². The Balaban J connectivity index is 2.27. The van der Waals surface area contributed by atoms with E-state index in [4.69, 9.17) is 0 Å². The van der Waals surface area contributed by atoms with Crippen LogP contribution in [0.25, 0.3) is 0 Å². The van der Waals surface area contributed by atoms with Crippen molar-refractivity contribution >= 4 is 0 Å². The Morgan fingerprint density at radius 3 is 1.90 bits per heavy atom. The Bertz CT molecular complexity index is 265. The van der Waals surface area contributed by atoms with Crippen molar-refractivity contribution in [1.82, 2.24) is 15.1 Å². The van der Waals surface area contributed by atoms with Crippen LogP contribution in [0.5, 0.6) is 0 Å². The third kappa shape index (κ3) is 7.58. The second-order valence-corrected chi connectivity index (χ2v) is 7.71. The molecule has 1 saturated heterocycles. The van der Waals surface area contributed by atoms with Crippen molar-refractivity contribution in [2.75, 3.05) is 52.4 Å². The van der Waals surface area contributed by atoms with Crippen molar-refractivity contribution in [3.63, 3.8) is 0 Å². The van der Waals surface area contributed by atoms with E-state index in [2.05, 4.69) is 35.9 Å². The summed E-state index contributed by atoms with van der Waals surface area (Å²) in [6, 6.07) is 0. The SMILES string of the molecule is CCCNCC(C)(C)CN1CCN(CC(C)(C)O)CC1. The maximum Gasteiger partial charge on any atom is 0.0718 e. The van der Waals surface area contributed by atoms with Crippen molar-refractivity contribution in [1.29, 1.82) is 0 Å². The third-order valence-electron chi connectivity index (χ3n) is 3.76. The lowest BCUT2D eigenvalue weighted by Gasteiger charge is -2.40. The van der Waals surface area contributed by atoms with E-state index in [1.807, 2.05) is 13.8 Å². The van der Waals surface area contributed by atoms with E-state index in [9.17, 15) is 5.11 Å². The van der Waals surface area contributed by atoms with E-state index in [-0.39, 0.29) is 0 Å². The quantitative estimate of drug-likeness (QED) is 0.661. The molecule has 4 nitrogen and oxygen atoms in total. The van der Waals surface area contributed by atoms with E-state index in [1.54, 1.807) is 0 Å². The van der Waals surface area contributed by atoms with Crippen LogP contribution in [-0.4, -0.2) is 72.9 Å². The van der Waals surface area contributed by atoms with Crippen LogP contribution in [0.3, 0.4) is 0 Å². The summed E-state index contributed by atoms with van der Waals surface area (Å²) in [6.45, 7) is 19.2. The van der Waals surface area contributed by atoms with Crippen molar-refractivity contribution < 1.29 is 5.11 Å². The van der Waals surface area contributed by atoms with E-state index < -0.39 is 5.60 Å². The predicted octanol–water partition coefficient (Wildman–Crippen LogP) is 1.40. The second-order valence-electron chi connectivity index (χ2n) is 7.71. The largest absolute Gasteiger partial charge is 0.389 e. The Morgan fingerprint density at radius 1 is 0.950 bits per heavy atom. The van der Waals surface area contributed by atoms with Gasteiger partial charge in [0.2, 0.25) is 0 Å². The standard InChI is InChI=1S/C16H35N3O/c1-6-7-17-12-15(2,3)13-18-8-10-19(11-9-18)14-16(4,5)20/h17,20H,6-14H2,1-5H3. The summed E-state index contributed by atoms with van der Waals surface area (Å²) in [5.41, 5.74) is -0.251. The lowest BCUT2D eigenvalue weighted by atomic mass is 9.92. The first-order valence-corrected chi connectivity index (χ1v) is 8.10. The first kappa shape index (κ1) is 17.9. The zero-order valence-corrected chi connectivity index (χ0v) is 14.2. The molecule has 0 aliphatic carbocycles. The molecule has 1 fully saturated rings. The first-order chi connectivity index (χ1) is 9.22. The van der Waals surface area contributed by atoms with Crippen LogP contribution >= 0.6 is 0 Å². The zero-order valence-electron chi connectivity index (χ0n) is 14.2. The first-order valence-electron chi connectivity index (χ1n) is 8.10. The van der Waals surface area contributed by atoms with Gasteiger partial charge < -0.3 is 15.3 Å². The summed E-state index contributed by atoms with van der Waals surface area (Å²) in [5.74, 6) is 0. The molecule has 0 amide bonds. The van der Waals surface area contributed by atoms with Crippen LogP contribution < -0.4 is 5.32 Å². The van der Waals surface area contributed by atoms with Gasteiger partial charge in [-0.15, -0.1) is 0 Å². The predicted molar refractivity (Wildman–Crippen MR) is 86.1 cm³/mol. The fraction of sp³-hybridized carbons (Fsp3) is 1.00. The molecule has 1 aliphatic rings. The van der Waals surface area contributed by atoms with Crippen LogP contribution in [0.4, 0.5) is 0 Å². The van der Waals surface area contributed by atoms with Crippen LogP contribution in [0.2, 0.25) is 0 Å². The zero-order chi connectivity index (χ0) is 15.2. The van der Waals surface area contributed by atoms with E-state index in [1.165, 1.54) is 6.42 Å². The van der Waals surface area contributed by atoms with Gasteiger partial charge in [-0.2, -0.15) is 0 Å². The van der Waals surface area contributed by atoms with Gasteiger partial charge in [0.15, 0.2) is 0 Å². The van der Waals surface area contributed by atoms with Crippen molar-refractivity contribution in [3.05, 3.63) is 0 Å². The molecule has 1 heterocycles. The molecule has 120 valence electrons. The molecule has 0 aromatic carbocycles. The summed E-state index contributed by atoms with van der Waals surface area (Å²) in [6.07, 6.45) is 1.20. The molecule has 4 heteroatoms. The second kappa shape index (κ2) is 7.74. The molecule has 0 bridgehead atoms. The lowest BCUT2D eigenvalue weighted by molar-refractivity contribution is 0.0126. The molecule has 0 aromatic heterocycles. The van der Waals surface area contributed by atoms with Crippen LogP contribution in [0.15, 0.2) is 0 Å². The van der Waals surface area contributed by atoms with Gasteiger partial charge >= 0.3 is 0 Å². The summed E-state index contributed by atoms with van der Waals surface area (Å²) < 4.78 is 0. The molecule has 0 radical (unpaired) electrons. The average Bonchev–Trinajstić information content (AvgIpc) is 2.30. The van der Waals surface area contributed by atoms with Gasteiger partial charge in [0.25, 0.3) is 0 Å². The molecular formula is C16H35N3O. The molecule has 0 spiro atoms. The number of β-amino-alcohol motifs (C(OH)–C–C–N with tert-alkyl or cyclic N) is 1. The monoisotopic (exact) mass is 285 g/mol. The molecule has 20 heavy (non-hydrogen) atoms. The number of hydrogen-bond acceptors (Lipinski definition) is 4. The van der Waals surface area contributed by atoms with Gasteiger partial charge in [0.1, 0.15) is 0 Å². The molecule has 0 saturated carbocycles. The summed E-state index contributed by atoms with van der Waals surface area (Å²) in [4.78, 5) is 4.94. The number of rotatable bonds is 8. The fourth-order valence-corrected chi connectivity index (χ4v) is 2.92. The van der Waals surface area contributed by atoms with Gasteiger partial charge in [0.05, 0.1) is 5.60 Å². The summed E-state index contributed by atoms with van der Waals surface area (Å²) >= 11 is 0. The number of aliphatic hydroxyl groups is 1. The third-order valence-corrected chi connectivity index (χ3v) is 3.76. The van der Waals surface area contributed by atoms with Gasteiger partial charge in [0, 0.05) is 45.8 Å². The molecule has 0 aromatic rings. The smallest absolute Gasteiger partial charge is 0.0718 e. The number of nitrogens with zero attached hydrogens (tertiary/aromatic N) is 2. The number of piperazine rings is 1. The normalized spacial score (nSPS) is 19.5. The minimum Gasteiger partial charge on any atom is -0.389 e. The molecule has 0 unspecified atom stereocenters. The highest BCUT2D eigenvalue weighted by atomic mass is 16.3. The molecule has 1 rings (SSSR count).